The zero-order chi connectivity index (χ0) is 14.6. The fourth-order valence-corrected chi connectivity index (χ4v) is 2.60. The van der Waals surface area contributed by atoms with E-state index in [0.717, 1.165) is 13.1 Å². The summed E-state index contributed by atoms with van der Waals surface area (Å²) >= 11 is 0. The van der Waals surface area contributed by atoms with Crippen molar-refractivity contribution in [2.75, 3.05) is 26.2 Å². The Balaban J connectivity index is 0.00000220. The predicted octanol–water partition coefficient (Wildman–Crippen LogP) is 3.52. The number of aromatic hydroxyl groups is 1. The maximum atomic E-state index is 12.5. The van der Waals surface area contributed by atoms with E-state index in [1.807, 2.05) is 4.90 Å². The third-order valence-corrected chi connectivity index (χ3v) is 3.59. The van der Waals surface area contributed by atoms with Gasteiger partial charge in [0.25, 0.3) is 0 Å². The van der Waals surface area contributed by atoms with E-state index in [4.69, 9.17) is 0 Å². The Bertz CT molecular complexity index is 440. The van der Waals surface area contributed by atoms with E-state index in [2.05, 4.69) is 5.32 Å². The zero-order valence-electron chi connectivity index (χ0n) is 12.0. The van der Waals surface area contributed by atoms with Gasteiger partial charge in [-0.1, -0.05) is 18.2 Å². The first-order valence-electron chi connectivity index (χ1n) is 6.77. The Morgan fingerprint density at radius 3 is 2.27 bits per heavy atom. The molecule has 0 saturated carbocycles. The van der Waals surface area contributed by atoms with Crippen LogP contribution in [0, 0.1) is 0 Å². The molecule has 3 nitrogen and oxygen atoms in total. The summed E-state index contributed by atoms with van der Waals surface area (Å²) in [5.41, 5.74) is 0.582. The van der Waals surface area contributed by atoms with Crippen molar-refractivity contribution in [1.29, 1.82) is 0 Å². The maximum absolute atomic E-state index is 12.5. The quantitative estimate of drug-likeness (QED) is 0.862. The highest BCUT2D eigenvalue weighted by Crippen LogP contribution is 2.35. The second kappa shape index (κ2) is 9.45. The number of hydrogen-bond acceptors (Lipinski definition) is 3. The molecule has 0 unspecified atom stereocenters. The lowest BCUT2D eigenvalue weighted by Gasteiger charge is -2.35. The number of alkyl halides is 3. The molecule has 8 heteroatoms. The van der Waals surface area contributed by atoms with Gasteiger partial charge in [-0.3, -0.25) is 4.90 Å². The average molecular weight is 361 g/mol. The van der Waals surface area contributed by atoms with Crippen LogP contribution in [0.2, 0.25) is 0 Å². The van der Waals surface area contributed by atoms with Crippen molar-refractivity contribution in [3.63, 3.8) is 0 Å². The van der Waals surface area contributed by atoms with E-state index in [1.54, 1.807) is 18.2 Å². The first kappa shape index (κ1) is 21.3. The Morgan fingerprint density at radius 2 is 1.73 bits per heavy atom. The highest BCUT2D eigenvalue weighted by molar-refractivity contribution is 5.85. The second-order valence-corrected chi connectivity index (χ2v) is 5.01. The number of piperazine rings is 1. The fraction of sp³-hybridized carbons (Fsp3) is 0.571. The standard InChI is InChI=1S/C14H19F3N2O.2ClH/c15-14(16,17)6-5-12(19-9-7-18-8-10-19)11-3-1-2-4-13(11)20;;/h1-4,12,18,20H,5-10H2;2*1H/t12-;;/m1../s1. The number of phenols is 1. The number of rotatable bonds is 4. The lowest BCUT2D eigenvalue weighted by atomic mass is 9.98. The molecule has 1 aromatic carbocycles. The summed E-state index contributed by atoms with van der Waals surface area (Å²) in [4.78, 5) is 2.01. The van der Waals surface area contributed by atoms with Crippen LogP contribution in [0.5, 0.6) is 5.75 Å². The number of benzene rings is 1. The Kier molecular flexibility index (Phi) is 9.15. The van der Waals surface area contributed by atoms with Gasteiger partial charge in [-0.15, -0.1) is 24.8 Å². The van der Waals surface area contributed by atoms with Crippen molar-refractivity contribution in [2.24, 2.45) is 0 Å². The molecule has 1 saturated heterocycles. The number of para-hydroxylation sites is 1. The van der Waals surface area contributed by atoms with Gasteiger partial charge in [-0.2, -0.15) is 13.2 Å². The smallest absolute Gasteiger partial charge is 0.389 e. The topological polar surface area (TPSA) is 35.5 Å². The first-order valence-corrected chi connectivity index (χ1v) is 6.77. The minimum absolute atomic E-state index is 0. The number of nitrogens with zero attached hydrogens (tertiary/aromatic N) is 1. The van der Waals surface area contributed by atoms with Crippen molar-refractivity contribution in [2.45, 2.75) is 25.1 Å². The molecule has 0 aromatic heterocycles. The summed E-state index contributed by atoms with van der Waals surface area (Å²) in [6, 6.07) is 6.27. The number of phenolic OH excluding ortho intramolecular Hbond substituents is 1. The SMILES string of the molecule is Cl.Cl.Oc1ccccc1[C@@H](CCC(F)(F)F)N1CCNCC1. The van der Waals surface area contributed by atoms with Crippen molar-refractivity contribution in [3.8, 4) is 5.75 Å². The average Bonchev–Trinajstić information content (AvgIpc) is 2.41. The van der Waals surface area contributed by atoms with Gasteiger partial charge in [0, 0.05) is 44.2 Å². The molecule has 0 bridgehead atoms. The van der Waals surface area contributed by atoms with E-state index in [1.165, 1.54) is 6.07 Å². The molecule has 22 heavy (non-hydrogen) atoms. The molecule has 0 spiro atoms. The fourth-order valence-electron chi connectivity index (χ4n) is 2.60. The molecule has 128 valence electrons. The van der Waals surface area contributed by atoms with E-state index in [-0.39, 0.29) is 43.0 Å². The summed E-state index contributed by atoms with van der Waals surface area (Å²) in [6.07, 6.45) is -5.03. The van der Waals surface area contributed by atoms with Crippen LogP contribution in [0.25, 0.3) is 0 Å². The molecule has 0 amide bonds. The van der Waals surface area contributed by atoms with Crippen LogP contribution in [0.3, 0.4) is 0 Å². The Labute approximate surface area is 140 Å². The first-order chi connectivity index (χ1) is 9.47. The number of nitrogens with one attached hydrogen (secondary N) is 1. The molecular weight excluding hydrogens is 340 g/mol. The van der Waals surface area contributed by atoms with Crippen LogP contribution in [-0.4, -0.2) is 42.4 Å². The van der Waals surface area contributed by atoms with Crippen LogP contribution in [-0.2, 0) is 0 Å². The minimum atomic E-state index is -4.17. The summed E-state index contributed by atoms with van der Waals surface area (Å²) in [6.45, 7) is 2.90. The molecule has 0 radical (unpaired) electrons. The molecule has 1 aliphatic heterocycles. The van der Waals surface area contributed by atoms with Gasteiger partial charge in [0.15, 0.2) is 0 Å². The van der Waals surface area contributed by atoms with Crippen molar-refractivity contribution < 1.29 is 18.3 Å². The van der Waals surface area contributed by atoms with Gasteiger partial charge in [0.1, 0.15) is 5.75 Å². The van der Waals surface area contributed by atoms with Gasteiger partial charge in [-0.25, -0.2) is 0 Å². The molecule has 2 rings (SSSR count). The van der Waals surface area contributed by atoms with E-state index in [9.17, 15) is 18.3 Å². The van der Waals surface area contributed by atoms with Crippen LogP contribution in [0.4, 0.5) is 13.2 Å². The molecule has 1 aromatic rings. The lowest BCUT2D eigenvalue weighted by molar-refractivity contribution is -0.138. The van der Waals surface area contributed by atoms with Crippen LogP contribution in [0.1, 0.15) is 24.4 Å². The van der Waals surface area contributed by atoms with E-state index in [0.29, 0.717) is 18.7 Å². The molecule has 1 heterocycles. The molecule has 2 N–H and O–H groups in total. The monoisotopic (exact) mass is 360 g/mol. The van der Waals surface area contributed by atoms with Crippen molar-refractivity contribution in [3.05, 3.63) is 29.8 Å². The van der Waals surface area contributed by atoms with Crippen molar-refractivity contribution >= 4 is 24.8 Å². The normalized spacial score (nSPS) is 17.2. The summed E-state index contributed by atoms with van der Waals surface area (Å²) in [7, 11) is 0. The number of halogens is 5. The molecule has 1 aliphatic rings. The largest absolute Gasteiger partial charge is 0.508 e. The minimum Gasteiger partial charge on any atom is -0.508 e. The zero-order valence-corrected chi connectivity index (χ0v) is 13.6. The highest BCUT2D eigenvalue weighted by atomic mass is 35.5. The Hall–Kier alpha value is -0.690. The van der Waals surface area contributed by atoms with Crippen LogP contribution in [0.15, 0.2) is 24.3 Å². The van der Waals surface area contributed by atoms with Gasteiger partial charge >= 0.3 is 6.18 Å². The van der Waals surface area contributed by atoms with E-state index < -0.39 is 12.6 Å². The summed E-state index contributed by atoms with van der Waals surface area (Å²) in [5, 5.41) is 13.1. The summed E-state index contributed by atoms with van der Waals surface area (Å²) < 4.78 is 37.5. The van der Waals surface area contributed by atoms with Gasteiger partial charge < -0.3 is 10.4 Å². The third kappa shape index (κ3) is 6.20. The predicted molar refractivity (Wildman–Crippen MR) is 85.1 cm³/mol. The van der Waals surface area contributed by atoms with Gasteiger partial charge in [0.2, 0.25) is 0 Å². The van der Waals surface area contributed by atoms with Gasteiger partial charge in [-0.05, 0) is 12.5 Å². The van der Waals surface area contributed by atoms with Crippen LogP contribution < -0.4 is 5.32 Å². The molecule has 0 aliphatic carbocycles. The Morgan fingerprint density at radius 1 is 1.14 bits per heavy atom. The highest BCUT2D eigenvalue weighted by Gasteiger charge is 2.32. The van der Waals surface area contributed by atoms with Crippen LogP contribution >= 0.6 is 24.8 Å². The summed E-state index contributed by atoms with van der Waals surface area (Å²) in [5.74, 6) is 0.0678. The third-order valence-electron chi connectivity index (χ3n) is 3.59. The van der Waals surface area contributed by atoms with Crippen molar-refractivity contribution in [1.82, 2.24) is 10.2 Å². The molecule has 1 atom stereocenters. The molecule has 1 fully saturated rings. The van der Waals surface area contributed by atoms with E-state index >= 15 is 0 Å². The maximum Gasteiger partial charge on any atom is 0.389 e. The lowest BCUT2D eigenvalue weighted by Crippen LogP contribution is -2.45. The molecular formula is C14H21Cl2F3N2O. The number of hydrogen-bond donors (Lipinski definition) is 2. The van der Waals surface area contributed by atoms with Gasteiger partial charge in [0.05, 0.1) is 0 Å². The second-order valence-electron chi connectivity index (χ2n) is 5.01.